The third-order valence-electron chi connectivity index (χ3n) is 4.77. The molecule has 1 amide bonds. The number of rotatable bonds is 6. The van der Waals surface area contributed by atoms with Gasteiger partial charge in [-0.2, -0.15) is 4.98 Å². The first-order valence-corrected chi connectivity index (χ1v) is 9.48. The number of nitrogens with zero attached hydrogens (tertiary/aromatic N) is 2. The number of hydrogen-bond donors (Lipinski definition) is 3. The van der Waals surface area contributed by atoms with E-state index in [-0.39, 0.29) is 44.8 Å². The highest BCUT2D eigenvalue weighted by Gasteiger charge is 2.23. The lowest BCUT2D eigenvalue weighted by Crippen LogP contribution is -2.41. The summed E-state index contributed by atoms with van der Waals surface area (Å²) in [4.78, 5) is 21.3. The maximum absolute atomic E-state index is 12.7. The van der Waals surface area contributed by atoms with Gasteiger partial charge in [0.15, 0.2) is 0 Å². The number of anilines is 1. The van der Waals surface area contributed by atoms with E-state index in [2.05, 4.69) is 20.6 Å². The molecule has 0 spiro atoms. The molecule has 2 heterocycles. The van der Waals surface area contributed by atoms with Gasteiger partial charge in [-0.1, -0.05) is 27.7 Å². The van der Waals surface area contributed by atoms with E-state index in [1.165, 1.54) is 6.20 Å². The zero-order chi connectivity index (χ0) is 18.4. The fourth-order valence-corrected chi connectivity index (χ4v) is 3.20. The monoisotopic (exact) mass is 396 g/mol. The van der Waals surface area contributed by atoms with Crippen LogP contribution in [0.5, 0.6) is 5.88 Å². The van der Waals surface area contributed by atoms with Crippen molar-refractivity contribution in [3.63, 3.8) is 0 Å². The second kappa shape index (κ2) is 11.8. The molecule has 3 N–H and O–H groups in total. The second-order valence-electron chi connectivity index (χ2n) is 6.91. The Morgan fingerprint density at radius 3 is 2.64 bits per heavy atom. The Morgan fingerprint density at radius 1 is 1.21 bits per heavy atom. The molecule has 0 unspecified atom stereocenters. The lowest BCUT2D eigenvalue weighted by molar-refractivity contribution is 0.0207. The topological polar surface area (TPSA) is 106 Å². The average Bonchev–Trinajstić information content (AvgIpc) is 2.58. The normalized spacial score (nSPS) is 22.4. The number of aliphatic hydroxyl groups is 1. The summed E-state index contributed by atoms with van der Waals surface area (Å²) in [6.07, 6.45) is 6.50. The average molecular weight is 397 g/mol. The molecular formula is C20H36N4O4. The Balaban J connectivity index is 0.00000196. The van der Waals surface area contributed by atoms with Crippen molar-refractivity contribution in [1.82, 2.24) is 15.3 Å². The standard InChI is InChI=1S/C18H28N4O4.2CH4/c1-2-26-17-15(9-19-18(22-17)21-13-10-25-11-13)16(24)20-12-5-3-4-6-14(23)8-7-12;;/h9,12-14,23H,2-8,10-11H2,1H3,(H,20,24)(H,19,21,22);2*1H4/t12-,14+;;/m1../s1. The van der Waals surface area contributed by atoms with Crippen molar-refractivity contribution >= 4 is 11.9 Å². The predicted molar refractivity (Wildman–Crippen MR) is 110 cm³/mol. The second-order valence-corrected chi connectivity index (χ2v) is 6.91. The van der Waals surface area contributed by atoms with Gasteiger partial charge in [-0.3, -0.25) is 4.79 Å². The van der Waals surface area contributed by atoms with Crippen molar-refractivity contribution in [2.75, 3.05) is 25.1 Å². The molecule has 1 saturated carbocycles. The summed E-state index contributed by atoms with van der Waals surface area (Å²) in [5.74, 6) is 0.494. The van der Waals surface area contributed by atoms with Crippen molar-refractivity contribution in [3.8, 4) is 5.88 Å². The quantitative estimate of drug-likeness (QED) is 0.679. The van der Waals surface area contributed by atoms with E-state index in [4.69, 9.17) is 9.47 Å². The Hall–Kier alpha value is -1.93. The largest absolute Gasteiger partial charge is 0.477 e. The molecule has 2 fully saturated rings. The predicted octanol–water partition coefficient (Wildman–Crippen LogP) is 2.77. The first-order valence-electron chi connectivity index (χ1n) is 9.48. The highest BCUT2D eigenvalue weighted by molar-refractivity contribution is 5.96. The number of amides is 1. The summed E-state index contributed by atoms with van der Waals surface area (Å²) in [7, 11) is 0. The summed E-state index contributed by atoms with van der Waals surface area (Å²) in [5, 5.41) is 16.1. The van der Waals surface area contributed by atoms with E-state index in [9.17, 15) is 9.90 Å². The molecule has 1 aromatic rings. The van der Waals surface area contributed by atoms with Crippen LogP contribution < -0.4 is 15.4 Å². The molecule has 1 aliphatic heterocycles. The Kier molecular flexibility index (Phi) is 10.2. The Morgan fingerprint density at radius 2 is 1.96 bits per heavy atom. The molecule has 0 radical (unpaired) electrons. The third-order valence-corrected chi connectivity index (χ3v) is 4.77. The van der Waals surface area contributed by atoms with Crippen LogP contribution in [0.25, 0.3) is 0 Å². The van der Waals surface area contributed by atoms with Gasteiger partial charge in [0.25, 0.3) is 5.91 Å². The summed E-state index contributed by atoms with van der Waals surface area (Å²) in [6.45, 7) is 3.53. The molecule has 28 heavy (non-hydrogen) atoms. The summed E-state index contributed by atoms with van der Waals surface area (Å²) in [5.41, 5.74) is 0.338. The number of carbonyl (C=O) groups excluding carboxylic acids is 1. The molecule has 2 atom stereocenters. The zero-order valence-corrected chi connectivity index (χ0v) is 15.2. The third kappa shape index (κ3) is 6.60. The van der Waals surface area contributed by atoms with Gasteiger partial charge in [-0.15, -0.1) is 0 Å². The molecule has 1 aliphatic carbocycles. The zero-order valence-electron chi connectivity index (χ0n) is 15.2. The van der Waals surface area contributed by atoms with Crippen molar-refractivity contribution < 1.29 is 19.4 Å². The minimum absolute atomic E-state index is 0. The van der Waals surface area contributed by atoms with Crippen LogP contribution in [0.15, 0.2) is 6.20 Å². The molecule has 1 aromatic heterocycles. The molecule has 0 bridgehead atoms. The summed E-state index contributed by atoms with van der Waals surface area (Å²) >= 11 is 0. The van der Waals surface area contributed by atoms with Crippen molar-refractivity contribution in [2.24, 2.45) is 0 Å². The van der Waals surface area contributed by atoms with Crippen LogP contribution in [0, 0.1) is 0 Å². The van der Waals surface area contributed by atoms with Gasteiger partial charge in [0.05, 0.1) is 32.0 Å². The van der Waals surface area contributed by atoms with Gasteiger partial charge in [0.1, 0.15) is 5.56 Å². The molecule has 8 nitrogen and oxygen atoms in total. The van der Waals surface area contributed by atoms with Crippen LogP contribution in [0.2, 0.25) is 0 Å². The minimum Gasteiger partial charge on any atom is -0.477 e. The van der Waals surface area contributed by atoms with Gasteiger partial charge in [0.2, 0.25) is 11.8 Å². The van der Waals surface area contributed by atoms with Gasteiger partial charge in [0, 0.05) is 12.2 Å². The van der Waals surface area contributed by atoms with Crippen molar-refractivity contribution in [1.29, 1.82) is 0 Å². The number of carbonyl (C=O) groups is 1. The van der Waals surface area contributed by atoms with Crippen LogP contribution in [0.3, 0.4) is 0 Å². The van der Waals surface area contributed by atoms with Crippen LogP contribution >= 0.6 is 0 Å². The van der Waals surface area contributed by atoms with Gasteiger partial charge < -0.3 is 25.2 Å². The fourth-order valence-electron chi connectivity index (χ4n) is 3.20. The highest BCUT2D eigenvalue weighted by atomic mass is 16.5. The van der Waals surface area contributed by atoms with Gasteiger partial charge >= 0.3 is 0 Å². The van der Waals surface area contributed by atoms with E-state index >= 15 is 0 Å². The SMILES string of the molecule is C.C.CCOc1nc(NC2COC2)ncc1C(=O)N[C@@H]1CCCC[C@H](O)CC1. The highest BCUT2D eigenvalue weighted by Crippen LogP contribution is 2.21. The maximum atomic E-state index is 12.7. The first-order chi connectivity index (χ1) is 12.7. The molecule has 0 aromatic carbocycles. The molecule has 3 rings (SSSR count). The lowest BCUT2D eigenvalue weighted by Gasteiger charge is -2.27. The number of aromatic nitrogens is 2. The van der Waals surface area contributed by atoms with E-state index in [1.54, 1.807) is 0 Å². The van der Waals surface area contributed by atoms with Crippen LogP contribution in [-0.2, 0) is 4.74 Å². The van der Waals surface area contributed by atoms with Crippen LogP contribution in [0.4, 0.5) is 5.95 Å². The molecule has 1 saturated heterocycles. The number of aliphatic hydroxyl groups excluding tert-OH is 1. The fraction of sp³-hybridized carbons (Fsp3) is 0.750. The summed E-state index contributed by atoms with van der Waals surface area (Å²) in [6, 6.07) is 0.252. The lowest BCUT2D eigenvalue weighted by atomic mass is 9.95. The molecule has 2 aliphatic rings. The minimum atomic E-state index is -0.266. The summed E-state index contributed by atoms with van der Waals surface area (Å²) < 4.78 is 10.7. The maximum Gasteiger partial charge on any atom is 0.258 e. The number of ether oxygens (including phenoxy) is 2. The molecule has 160 valence electrons. The number of nitrogens with one attached hydrogen (secondary N) is 2. The van der Waals surface area contributed by atoms with Crippen molar-refractivity contribution in [3.05, 3.63) is 11.8 Å². The van der Waals surface area contributed by atoms with E-state index in [0.717, 1.165) is 32.1 Å². The first kappa shape index (κ1) is 24.1. The Labute approximate surface area is 168 Å². The van der Waals surface area contributed by atoms with Gasteiger partial charge in [-0.05, 0) is 32.6 Å². The smallest absolute Gasteiger partial charge is 0.258 e. The number of hydrogen-bond acceptors (Lipinski definition) is 7. The van der Waals surface area contributed by atoms with Gasteiger partial charge in [-0.25, -0.2) is 4.98 Å². The van der Waals surface area contributed by atoms with Crippen molar-refractivity contribution in [2.45, 2.75) is 78.5 Å². The molecule has 8 heteroatoms. The Bertz CT molecular complexity index is 610. The molecular weight excluding hydrogens is 360 g/mol. The van der Waals surface area contributed by atoms with Crippen LogP contribution in [0.1, 0.15) is 70.7 Å². The van der Waals surface area contributed by atoms with E-state index in [1.807, 2.05) is 6.92 Å². The van der Waals surface area contributed by atoms with E-state index < -0.39 is 0 Å². The van der Waals surface area contributed by atoms with E-state index in [0.29, 0.717) is 37.8 Å². The van der Waals surface area contributed by atoms with Crippen LogP contribution in [-0.4, -0.2) is 59.0 Å².